The lowest BCUT2D eigenvalue weighted by molar-refractivity contribution is -0.205. The van der Waals surface area contributed by atoms with Gasteiger partial charge in [-0.25, -0.2) is 9.18 Å². The number of Topliss-reactive ketones (excluding diaryl/α,β-unsaturated/α-hetero) is 1. The number of carbonyl (C=O) groups is 2. The van der Waals surface area contributed by atoms with Crippen LogP contribution in [0.4, 0.5) is 4.39 Å². The average Bonchev–Trinajstić information content (AvgIpc) is 3.49. The van der Waals surface area contributed by atoms with Crippen molar-refractivity contribution in [1.29, 1.82) is 0 Å². The minimum absolute atomic E-state index is 0.00212. The first kappa shape index (κ1) is 30.9. The van der Waals surface area contributed by atoms with E-state index in [0.29, 0.717) is 18.4 Å². The van der Waals surface area contributed by atoms with Gasteiger partial charge < -0.3 is 29.1 Å². The van der Waals surface area contributed by atoms with Crippen molar-refractivity contribution >= 4 is 30.5 Å². The Morgan fingerprint density at radius 2 is 2.02 bits per heavy atom. The first-order chi connectivity index (χ1) is 19.7. The Bertz CT molecular complexity index is 1260. The van der Waals surface area contributed by atoms with E-state index in [0.717, 1.165) is 12.8 Å². The molecule has 0 unspecified atom stereocenters. The van der Waals surface area contributed by atoms with E-state index in [1.165, 1.54) is 6.07 Å². The highest BCUT2D eigenvalue weighted by Crippen LogP contribution is 2.67. The van der Waals surface area contributed by atoms with Crippen LogP contribution in [0.15, 0.2) is 17.3 Å². The molecule has 8 atom stereocenters. The first-order valence-corrected chi connectivity index (χ1v) is 15.1. The molecule has 3 aliphatic carbocycles. The number of ketones is 1. The normalized spacial score (nSPS) is 37.8. The molecule has 2 N–H and O–H groups in total. The summed E-state index contributed by atoms with van der Waals surface area (Å²) in [6.45, 7) is 11.3. The number of oxime groups is 1. The van der Waals surface area contributed by atoms with Crippen molar-refractivity contribution < 1.29 is 43.1 Å². The number of halogens is 1. The molecule has 1 aromatic rings. The van der Waals surface area contributed by atoms with Crippen LogP contribution in [0.2, 0.25) is 0 Å². The molecule has 1 heterocycles. The SMILES string of the molecule is CC(C)ON=C[C@]1(C)C[C@@H](OC(=O)COc2ccc3c(c2F)B(O)OC3)[C@]2(C)[C@H](C)CC[C@]3(CCC(=O)[C@H]32)[C@@H](C)[C@@H]1O. The van der Waals surface area contributed by atoms with Crippen LogP contribution < -0.4 is 10.2 Å². The summed E-state index contributed by atoms with van der Waals surface area (Å²) >= 11 is 0. The molecule has 0 radical (unpaired) electrons. The van der Waals surface area contributed by atoms with Crippen LogP contribution in [0.1, 0.15) is 79.2 Å². The number of carbonyl (C=O) groups excluding carboxylic acids is 2. The Kier molecular flexibility index (Phi) is 8.26. The second-order valence-corrected chi connectivity index (χ2v) is 13.7. The largest absolute Gasteiger partial charge is 0.494 e. The molecule has 42 heavy (non-hydrogen) atoms. The molecular weight excluding hydrogens is 544 g/mol. The number of aliphatic hydroxyl groups is 1. The lowest BCUT2D eigenvalue weighted by atomic mass is 9.44. The summed E-state index contributed by atoms with van der Waals surface area (Å²) in [5, 5.41) is 26.1. The molecule has 1 aromatic carbocycles. The van der Waals surface area contributed by atoms with Gasteiger partial charge in [-0.15, -0.1) is 0 Å². The predicted molar refractivity (Wildman–Crippen MR) is 153 cm³/mol. The molecular formula is C31H43BFNO8. The number of hydrogen-bond donors (Lipinski definition) is 2. The number of ether oxygens (including phenoxy) is 2. The fraction of sp³-hybridized carbons (Fsp3) is 0.710. The van der Waals surface area contributed by atoms with Gasteiger partial charge in [-0.05, 0) is 68.4 Å². The summed E-state index contributed by atoms with van der Waals surface area (Å²) in [6.07, 6.45) is 2.83. The van der Waals surface area contributed by atoms with E-state index in [9.17, 15) is 19.7 Å². The maximum Gasteiger partial charge on any atom is 0.494 e. The van der Waals surface area contributed by atoms with Gasteiger partial charge in [0.05, 0.1) is 18.9 Å². The Morgan fingerprint density at radius 1 is 1.29 bits per heavy atom. The lowest BCUT2D eigenvalue weighted by Crippen LogP contribution is -2.63. The minimum Gasteiger partial charge on any atom is -0.479 e. The summed E-state index contributed by atoms with van der Waals surface area (Å²) in [5.41, 5.74) is -1.54. The standard InChI is InChI=1S/C31H43BFNO8/c1-17(2)42-34-16-29(5)13-23(41-24(36)15-39-22-8-7-20-14-40-32(38)25(20)26(22)33)30(6)18(3)9-11-31(19(4)28(29)37)12-10-21(35)27(30)31/h7-8,16-19,23,27-28,37-38H,9-15H2,1-6H3/t18-,19+,23-,27+,28+,29+,30+,31+/m1/s1. The topological polar surface area (TPSA) is 124 Å². The zero-order chi connectivity index (χ0) is 30.6. The summed E-state index contributed by atoms with van der Waals surface area (Å²) in [5.74, 6) is -2.05. The number of rotatable bonds is 7. The average molecular weight is 587 g/mol. The molecule has 5 rings (SSSR count). The van der Waals surface area contributed by atoms with Crippen LogP contribution in [-0.2, 0) is 30.4 Å². The van der Waals surface area contributed by atoms with Gasteiger partial charge in [0, 0.05) is 28.6 Å². The number of hydrogen-bond acceptors (Lipinski definition) is 9. The van der Waals surface area contributed by atoms with E-state index < -0.39 is 54.0 Å². The lowest BCUT2D eigenvalue weighted by Gasteiger charge is -2.61. The van der Waals surface area contributed by atoms with Crippen molar-refractivity contribution in [3.63, 3.8) is 0 Å². The fourth-order valence-electron chi connectivity index (χ4n) is 8.40. The van der Waals surface area contributed by atoms with Crippen molar-refractivity contribution in [2.45, 2.75) is 98.6 Å². The van der Waals surface area contributed by atoms with E-state index >= 15 is 4.39 Å². The molecule has 0 amide bonds. The van der Waals surface area contributed by atoms with Crippen LogP contribution in [0.3, 0.4) is 0 Å². The molecule has 3 saturated carbocycles. The molecule has 9 nitrogen and oxygen atoms in total. The Morgan fingerprint density at radius 3 is 2.74 bits per heavy atom. The number of fused-ring (bicyclic) bond motifs is 1. The zero-order valence-electron chi connectivity index (χ0n) is 25.4. The second-order valence-electron chi connectivity index (χ2n) is 13.7. The molecule has 2 bridgehead atoms. The number of aliphatic hydroxyl groups excluding tert-OH is 1. The third-order valence-corrected chi connectivity index (χ3v) is 11.0. The van der Waals surface area contributed by atoms with Gasteiger partial charge in [-0.1, -0.05) is 38.9 Å². The predicted octanol–water partition coefficient (Wildman–Crippen LogP) is 3.55. The Balaban J connectivity index is 1.47. The molecule has 0 spiro atoms. The van der Waals surface area contributed by atoms with Crippen molar-refractivity contribution in [2.75, 3.05) is 6.61 Å². The van der Waals surface area contributed by atoms with Gasteiger partial charge in [0.25, 0.3) is 0 Å². The van der Waals surface area contributed by atoms with E-state index in [1.807, 2.05) is 34.6 Å². The Labute approximate surface area is 247 Å². The van der Waals surface area contributed by atoms with E-state index in [4.69, 9.17) is 19.0 Å². The van der Waals surface area contributed by atoms with Crippen LogP contribution in [0.25, 0.3) is 0 Å². The van der Waals surface area contributed by atoms with Crippen molar-refractivity contribution in [2.24, 2.45) is 39.2 Å². The molecule has 230 valence electrons. The summed E-state index contributed by atoms with van der Waals surface area (Å²) < 4.78 is 31.9. The number of esters is 1. The smallest absolute Gasteiger partial charge is 0.479 e. The summed E-state index contributed by atoms with van der Waals surface area (Å²) in [4.78, 5) is 32.5. The van der Waals surface area contributed by atoms with Crippen molar-refractivity contribution in [3.8, 4) is 5.75 Å². The van der Waals surface area contributed by atoms with E-state index in [-0.39, 0.29) is 53.9 Å². The summed E-state index contributed by atoms with van der Waals surface area (Å²) in [7, 11) is -1.39. The van der Waals surface area contributed by atoms with Gasteiger partial charge in [-0.3, -0.25) is 4.79 Å². The van der Waals surface area contributed by atoms with Crippen molar-refractivity contribution in [1.82, 2.24) is 0 Å². The quantitative estimate of drug-likeness (QED) is 0.215. The summed E-state index contributed by atoms with van der Waals surface area (Å²) in [6, 6.07) is 2.99. The van der Waals surface area contributed by atoms with Gasteiger partial charge >= 0.3 is 13.1 Å². The van der Waals surface area contributed by atoms with E-state index in [1.54, 1.807) is 12.3 Å². The molecule has 1 aliphatic heterocycles. The Hall–Kier alpha value is -2.50. The van der Waals surface area contributed by atoms with Gasteiger partial charge in [0.15, 0.2) is 18.2 Å². The number of benzene rings is 1. The van der Waals surface area contributed by atoms with Crippen LogP contribution in [0.5, 0.6) is 5.75 Å². The van der Waals surface area contributed by atoms with Crippen LogP contribution >= 0.6 is 0 Å². The fourth-order valence-corrected chi connectivity index (χ4v) is 8.40. The zero-order valence-corrected chi connectivity index (χ0v) is 25.4. The number of nitrogens with zero attached hydrogens (tertiary/aromatic N) is 1. The molecule has 0 saturated heterocycles. The van der Waals surface area contributed by atoms with Crippen molar-refractivity contribution in [3.05, 3.63) is 23.5 Å². The highest BCUT2D eigenvalue weighted by Gasteiger charge is 2.68. The maximum absolute atomic E-state index is 15.0. The molecule has 3 fully saturated rings. The third kappa shape index (κ3) is 4.95. The first-order valence-electron chi connectivity index (χ1n) is 15.1. The molecule has 4 aliphatic rings. The van der Waals surface area contributed by atoms with E-state index in [2.05, 4.69) is 12.1 Å². The van der Waals surface area contributed by atoms with Gasteiger partial charge in [-0.2, -0.15) is 0 Å². The highest BCUT2D eigenvalue weighted by atomic mass is 19.1. The molecule has 0 aromatic heterocycles. The highest BCUT2D eigenvalue weighted by molar-refractivity contribution is 6.61. The monoisotopic (exact) mass is 587 g/mol. The van der Waals surface area contributed by atoms with Crippen LogP contribution in [-0.4, -0.2) is 60.1 Å². The molecule has 11 heteroatoms. The second kappa shape index (κ2) is 11.2. The third-order valence-electron chi connectivity index (χ3n) is 11.0. The van der Waals surface area contributed by atoms with Gasteiger partial charge in [0.1, 0.15) is 18.0 Å². The minimum atomic E-state index is -1.39. The van der Waals surface area contributed by atoms with Gasteiger partial charge in [0.2, 0.25) is 0 Å². The maximum atomic E-state index is 15.0. The van der Waals surface area contributed by atoms with Crippen LogP contribution in [0, 0.1) is 39.8 Å².